The first-order chi connectivity index (χ1) is 16.6. The van der Waals surface area contributed by atoms with E-state index in [1.54, 1.807) is 13.3 Å². The normalized spacial score (nSPS) is 38.9. The van der Waals surface area contributed by atoms with Crippen LogP contribution >= 0.6 is 0 Å². The molecule has 1 saturated heterocycles. The molecule has 0 aromatic rings. The van der Waals surface area contributed by atoms with Crippen LogP contribution in [0.2, 0.25) is 0 Å². The Balaban J connectivity index is 1.64. The summed E-state index contributed by atoms with van der Waals surface area (Å²) in [6, 6.07) is 0.303. The van der Waals surface area contributed by atoms with Crippen molar-refractivity contribution in [3.8, 4) is 0 Å². The lowest BCUT2D eigenvalue weighted by atomic mass is 9.54. The second kappa shape index (κ2) is 8.77. The van der Waals surface area contributed by atoms with Crippen LogP contribution in [-0.2, 0) is 19.1 Å². The Labute approximate surface area is 207 Å². The first-order valence-electron chi connectivity index (χ1n) is 12.9. The lowest BCUT2D eigenvalue weighted by Crippen LogP contribution is -2.54. The van der Waals surface area contributed by atoms with E-state index >= 15 is 0 Å². The maximum Gasteiger partial charge on any atom is 0.340 e. The topological polar surface area (TPSA) is 96.3 Å². The standard InChI is InChI=1S/C28H37NO6/c1-27-13-12-19-22(18(27)10-11-20(27)30)24(31)25(32)23-17(14-29(3)16-8-6-5-7-9-16)26(33)35-21(15-34-4)28(19,23)2/h14,16,18,20-21,30,32H,5-11,13,15H2,1-4H3/b17-14+/t18?,20-,21+,27-,28-/m0/s1. The highest BCUT2D eigenvalue weighted by Crippen LogP contribution is 2.62. The number of methoxy groups -OCH3 is 1. The molecule has 1 aliphatic heterocycles. The Morgan fingerprint density at radius 2 is 1.89 bits per heavy atom. The number of fused-ring (bicyclic) bond motifs is 4. The van der Waals surface area contributed by atoms with E-state index in [2.05, 4.69) is 6.42 Å². The van der Waals surface area contributed by atoms with Gasteiger partial charge in [-0.3, -0.25) is 4.79 Å². The number of aliphatic hydroxyl groups excluding tert-OH is 2. The van der Waals surface area contributed by atoms with Gasteiger partial charge in [0.2, 0.25) is 5.78 Å². The van der Waals surface area contributed by atoms with Crippen LogP contribution in [0.3, 0.4) is 0 Å². The van der Waals surface area contributed by atoms with E-state index in [0.717, 1.165) is 25.7 Å². The van der Waals surface area contributed by atoms with Gasteiger partial charge < -0.3 is 24.6 Å². The summed E-state index contributed by atoms with van der Waals surface area (Å²) >= 11 is 0. The average Bonchev–Trinajstić information content (AvgIpc) is 3.15. The number of nitrogens with zero attached hydrogens (tertiary/aromatic N) is 1. The highest BCUT2D eigenvalue weighted by Gasteiger charge is 2.61. The molecule has 190 valence electrons. The van der Waals surface area contributed by atoms with Gasteiger partial charge in [0.05, 0.1) is 23.7 Å². The molecule has 0 bridgehead atoms. The van der Waals surface area contributed by atoms with Crippen molar-refractivity contribution in [1.29, 1.82) is 0 Å². The minimum absolute atomic E-state index is 0.127. The number of carbonyl (C=O) groups is 2. The summed E-state index contributed by atoms with van der Waals surface area (Å²) < 4.78 is 11.4. The van der Waals surface area contributed by atoms with Crippen LogP contribution in [0.15, 0.2) is 34.3 Å². The molecular weight excluding hydrogens is 446 g/mol. The van der Waals surface area contributed by atoms with Gasteiger partial charge in [0.25, 0.3) is 0 Å². The quantitative estimate of drug-likeness (QED) is 0.465. The number of hydrogen-bond acceptors (Lipinski definition) is 7. The second-order valence-electron chi connectivity index (χ2n) is 11.4. The molecule has 1 heterocycles. The molecule has 7 nitrogen and oxygen atoms in total. The molecular formula is C28H37NO6. The van der Waals surface area contributed by atoms with Gasteiger partial charge in [0.15, 0.2) is 5.76 Å². The molecule has 7 heteroatoms. The van der Waals surface area contributed by atoms with Crippen LogP contribution in [0, 0.1) is 23.2 Å². The summed E-state index contributed by atoms with van der Waals surface area (Å²) in [7, 11) is 3.50. The van der Waals surface area contributed by atoms with Gasteiger partial charge in [-0.05, 0) is 50.5 Å². The van der Waals surface area contributed by atoms with Gasteiger partial charge in [-0.1, -0.05) is 26.2 Å². The Hall–Kier alpha value is -2.12. The Kier molecular flexibility index (Phi) is 6.16. The minimum atomic E-state index is -0.981. The van der Waals surface area contributed by atoms with Gasteiger partial charge in [-0.15, -0.1) is 0 Å². The molecule has 0 spiro atoms. The van der Waals surface area contributed by atoms with Gasteiger partial charge in [0.1, 0.15) is 6.10 Å². The molecule has 5 rings (SSSR count). The maximum absolute atomic E-state index is 13.7. The van der Waals surface area contributed by atoms with Crippen molar-refractivity contribution in [2.45, 2.75) is 83.5 Å². The number of carbonyl (C=O) groups excluding carboxylic acids is 2. The summed E-state index contributed by atoms with van der Waals surface area (Å²) in [5.74, 6) is -1.58. The molecule has 2 radical (unpaired) electrons. The highest BCUT2D eigenvalue weighted by molar-refractivity contribution is 6.13. The third kappa shape index (κ3) is 3.52. The van der Waals surface area contributed by atoms with Crippen LogP contribution in [-0.4, -0.2) is 65.9 Å². The lowest BCUT2D eigenvalue weighted by Gasteiger charge is -2.52. The molecule has 35 heavy (non-hydrogen) atoms. The molecule has 5 atom stereocenters. The first kappa shape index (κ1) is 24.6. The van der Waals surface area contributed by atoms with E-state index < -0.39 is 34.8 Å². The molecule has 0 aromatic carbocycles. The molecule has 2 saturated carbocycles. The van der Waals surface area contributed by atoms with Crippen molar-refractivity contribution in [3.63, 3.8) is 0 Å². The molecule has 5 aliphatic rings. The molecule has 1 unspecified atom stereocenters. The van der Waals surface area contributed by atoms with E-state index in [4.69, 9.17) is 9.47 Å². The summed E-state index contributed by atoms with van der Waals surface area (Å²) in [5, 5.41) is 22.1. The van der Waals surface area contributed by atoms with E-state index in [9.17, 15) is 19.8 Å². The molecule has 3 fully saturated rings. The number of esters is 1. The van der Waals surface area contributed by atoms with E-state index in [1.807, 2.05) is 25.8 Å². The van der Waals surface area contributed by atoms with Crippen molar-refractivity contribution in [3.05, 3.63) is 40.7 Å². The van der Waals surface area contributed by atoms with E-state index in [0.29, 0.717) is 42.0 Å². The lowest BCUT2D eigenvalue weighted by molar-refractivity contribution is -0.156. The zero-order valence-electron chi connectivity index (χ0n) is 21.2. The number of ketones is 1. The minimum Gasteiger partial charge on any atom is -0.504 e. The fraction of sp³-hybridized carbons (Fsp3) is 0.679. The van der Waals surface area contributed by atoms with Crippen LogP contribution in [0.4, 0.5) is 0 Å². The Morgan fingerprint density at radius 1 is 1.17 bits per heavy atom. The zero-order valence-corrected chi connectivity index (χ0v) is 21.2. The second-order valence-corrected chi connectivity index (χ2v) is 11.4. The van der Waals surface area contributed by atoms with Crippen molar-refractivity contribution >= 4 is 11.8 Å². The third-order valence-electron chi connectivity index (χ3n) is 9.47. The molecule has 0 aromatic heterocycles. The van der Waals surface area contributed by atoms with Crippen LogP contribution in [0.1, 0.15) is 65.2 Å². The van der Waals surface area contributed by atoms with Crippen molar-refractivity contribution in [1.82, 2.24) is 4.90 Å². The fourth-order valence-corrected chi connectivity index (χ4v) is 7.24. The number of aliphatic hydroxyl groups is 2. The average molecular weight is 484 g/mol. The van der Waals surface area contributed by atoms with Gasteiger partial charge in [-0.25, -0.2) is 4.79 Å². The number of allylic oxidation sites excluding steroid dienone is 1. The van der Waals surface area contributed by atoms with Gasteiger partial charge in [-0.2, -0.15) is 0 Å². The molecule has 2 N–H and O–H groups in total. The van der Waals surface area contributed by atoms with E-state index in [-0.39, 0.29) is 23.9 Å². The number of rotatable bonds is 4. The van der Waals surface area contributed by atoms with Gasteiger partial charge in [0, 0.05) is 49.4 Å². The smallest absolute Gasteiger partial charge is 0.340 e. The predicted octanol–water partition coefficient (Wildman–Crippen LogP) is 3.67. The van der Waals surface area contributed by atoms with Crippen LogP contribution in [0.25, 0.3) is 0 Å². The molecule has 0 amide bonds. The summed E-state index contributed by atoms with van der Waals surface area (Å²) in [5.41, 5.74) is 0.269. The largest absolute Gasteiger partial charge is 0.504 e. The fourth-order valence-electron chi connectivity index (χ4n) is 7.24. The number of Topliss-reactive ketones (excluding diaryl/α,β-unsaturated/α-hetero) is 1. The summed E-state index contributed by atoms with van der Waals surface area (Å²) in [4.78, 5) is 29.1. The number of ether oxygens (including phenoxy) is 2. The highest BCUT2D eigenvalue weighted by atomic mass is 16.6. The summed E-state index contributed by atoms with van der Waals surface area (Å²) in [6.07, 6.45) is 11.4. The van der Waals surface area contributed by atoms with Gasteiger partial charge >= 0.3 is 5.97 Å². The van der Waals surface area contributed by atoms with Crippen molar-refractivity contribution < 1.29 is 29.3 Å². The van der Waals surface area contributed by atoms with Crippen molar-refractivity contribution in [2.24, 2.45) is 16.7 Å². The Bertz CT molecular complexity index is 1020. The maximum atomic E-state index is 13.7. The summed E-state index contributed by atoms with van der Waals surface area (Å²) in [6.45, 7) is 4.05. The monoisotopic (exact) mass is 483 g/mol. The zero-order chi connectivity index (χ0) is 25.1. The third-order valence-corrected chi connectivity index (χ3v) is 9.47. The van der Waals surface area contributed by atoms with Crippen molar-refractivity contribution in [2.75, 3.05) is 20.8 Å². The predicted molar refractivity (Wildman–Crippen MR) is 129 cm³/mol. The SMILES string of the molecule is COC[C@H]1OC(=O)/C(=C/N(C)C2CCCCC2)C2=C(O)C(=O)C3=C([C]C[C@@]4(C)C3CC[C@@H]4O)[C@]21C. The van der Waals surface area contributed by atoms with Crippen LogP contribution in [0.5, 0.6) is 0 Å². The molecule has 4 aliphatic carbocycles. The first-order valence-corrected chi connectivity index (χ1v) is 12.9. The number of cyclic esters (lactones) is 1. The number of hydrogen-bond donors (Lipinski definition) is 2. The van der Waals surface area contributed by atoms with Crippen LogP contribution < -0.4 is 0 Å². The van der Waals surface area contributed by atoms with E-state index in [1.165, 1.54) is 6.42 Å². The Morgan fingerprint density at radius 3 is 2.57 bits per heavy atom.